The summed E-state index contributed by atoms with van der Waals surface area (Å²) in [5.74, 6) is 0.816. The fraction of sp³-hybridized carbons (Fsp3) is 0.286. The lowest BCUT2D eigenvalue weighted by atomic mass is 10.2. The van der Waals surface area contributed by atoms with Crippen molar-refractivity contribution in [3.8, 4) is 0 Å². The second-order valence-electron chi connectivity index (χ2n) is 2.25. The van der Waals surface area contributed by atoms with Crippen LogP contribution in [0, 0.1) is 6.92 Å². The van der Waals surface area contributed by atoms with Gasteiger partial charge in [0.1, 0.15) is 5.82 Å². The number of nitrogens with zero attached hydrogens (tertiary/aromatic N) is 1. The van der Waals surface area contributed by atoms with Crippen molar-refractivity contribution in [1.29, 1.82) is 0 Å². The Bertz CT molecular complexity index is 273. The van der Waals surface area contributed by atoms with E-state index >= 15 is 0 Å². The molecule has 1 aromatic heterocycles. The van der Waals surface area contributed by atoms with E-state index in [1.165, 1.54) is 0 Å². The van der Waals surface area contributed by atoms with Crippen LogP contribution in [-0.2, 0) is 0 Å². The molecule has 0 atom stereocenters. The first-order valence-electron chi connectivity index (χ1n) is 3.25. The van der Waals surface area contributed by atoms with E-state index in [4.69, 9.17) is 5.73 Å². The zero-order valence-electron chi connectivity index (χ0n) is 6.48. The summed E-state index contributed by atoms with van der Waals surface area (Å²) in [6.45, 7) is 1.95. The number of nitrogens with one attached hydrogen (secondary N) is 1. The van der Waals surface area contributed by atoms with Gasteiger partial charge in [0.25, 0.3) is 0 Å². The lowest BCUT2D eigenvalue weighted by molar-refractivity contribution is 1.24. The van der Waals surface area contributed by atoms with E-state index in [-0.39, 0.29) is 0 Å². The van der Waals surface area contributed by atoms with Crippen LogP contribution in [0.15, 0.2) is 10.7 Å². The van der Waals surface area contributed by atoms with Crippen molar-refractivity contribution in [2.75, 3.05) is 18.1 Å². The van der Waals surface area contributed by atoms with Gasteiger partial charge < -0.3 is 11.1 Å². The first-order chi connectivity index (χ1) is 5.16. The molecule has 0 aliphatic rings. The molecule has 0 unspecified atom stereocenters. The van der Waals surface area contributed by atoms with Gasteiger partial charge in [0, 0.05) is 7.05 Å². The van der Waals surface area contributed by atoms with Crippen LogP contribution in [0.2, 0.25) is 0 Å². The minimum atomic E-state index is 0.705. The monoisotopic (exact) mass is 215 g/mol. The first kappa shape index (κ1) is 8.33. The summed E-state index contributed by atoms with van der Waals surface area (Å²) in [5, 5.41) is 2.95. The van der Waals surface area contributed by atoms with Crippen LogP contribution >= 0.6 is 15.9 Å². The van der Waals surface area contributed by atoms with Crippen molar-refractivity contribution in [3.05, 3.63) is 16.2 Å². The van der Waals surface area contributed by atoms with Crippen molar-refractivity contribution < 1.29 is 0 Å². The SMILES string of the molecule is CNc1ncc(N)c(C)c1Br. The number of aromatic nitrogens is 1. The second kappa shape index (κ2) is 3.09. The molecule has 0 saturated heterocycles. The predicted octanol–water partition coefficient (Wildman–Crippen LogP) is 1.78. The van der Waals surface area contributed by atoms with Crippen molar-refractivity contribution in [3.63, 3.8) is 0 Å². The number of halogens is 1. The van der Waals surface area contributed by atoms with Crippen LogP contribution in [-0.4, -0.2) is 12.0 Å². The lowest BCUT2D eigenvalue weighted by Crippen LogP contribution is -1.98. The molecule has 1 rings (SSSR count). The predicted molar refractivity (Wildman–Crippen MR) is 50.6 cm³/mol. The molecule has 0 spiro atoms. The zero-order valence-corrected chi connectivity index (χ0v) is 8.07. The minimum absolute atomic E-state index is 0.705. The van der Waals surface area contributed by atoms with Gasteiger partial charge in [-0.05, 0) is 28.4 Å². The van der Waals surface area contributed by atoms with E-state index in [2.05, 4.69) is 26.2 Å². The molecule has 0 amide bonds. The zero-order chi connectivity index (χ0) is 8.43. The standard InChI is InChI=1S/C7H10BrN3/c1-4-5(9)3-11-7(10-2)6(4)8/h3H,9H2,1-2H3,(H,10,11). The summed E-state index contributed by atoms with van der Waals surface area (Å²) in [6.07, 6.45) is 1.64. The normalized spacial score (nSPS) is 9.73. The molecule has 0 aliphatic heterocycles. The van der Waals surface area contributed by atoms with Gasteiger partial charge in [-0.15, -0.1) is 0 Å². The number of anilines is 2. The van der Waals surface area contributed by atoms with Gasteiger partial charge in [0.2, 0.25) is 0 Å². The molecule has 0 aromatic carbocycles. The number of pyridine rings is 1. The molecule has 4 heteroatoms. The van der Waals surface area contributed by atoms with Crippen LogP contribution in [0.4, 0.5) is 11.5 Å². The highest BCUT2D eigenvalue weighted by Gasteiger charge is 2.04. The van der Waals surface area contributed by atoms with Crippen LogP contribution in [0.1, 0.15) is 5.56 Å². The summed E-state index contributed by atoms with van der Waals surface area (Å²) in [5.41, 5.74) is 7.35. The van der Waals surface area contributed by atoms with Crippen molar-refractivity contribution in [2.45, 2.75) is 6.92 Å². The molecule has 11 heavy (non-hydrogen) atoms. The Morgan fingerprint density at radius 2 is 2.27 bits per heavy atom. The molecule has 0 bridgehead atoms. The fourth-order valence-electron chi connectivity index (χ4n) is 0.766. The van der Waals surface area contributed by atoms with Crippen LogP contribution < -0.4 is 11.1 Å². The third kappa shape index (κ3) is 1.45. The largest absolute Gasteiger partial charge is 0.397 e. The maximum absolute atomic E-state index is 5.62. The topological polar surface area (TPSA) is 50.9 Å². The van der Waals surface area contributed by atoms with Gasteiger partial charge in [-0.2, -0.15) is 0 Å². The van der Waals surface area contributed by atoms with Gasteiger partial charge in [-0.25, -0.2) is 4.98 Å². The molecule has 3 N–H and O–H groups in total. The summed E-state index contributed by atoms with van der Waals surface area (Å²) >= 11 is 3.39. The third-order valence-electron chi connectivity index (χ3n) is 1.54. The molecule has 0 aliphatic carbocycles. The van der Waals surface area contributed by atoms with Crippen LogP contribution in [0.25, 0.3) is 0 Å². The summed E-state index contributed by atoms with van der Waals surface area (Å²) in [4.78, 5) is 4.07. The molecular weight excluding hydrogens is 206 g/mol. The second-order valence-corrected chi connectivity index (χ2v) is 3.04. The van der Waals surface area contributed by atoms with E-state index in [1.54, 1.807) is 6.20 Å². The van der Waals surface area contributed by atoms with E-state index in [0.29, 0.717) is 5.69 Å². The Hall–Kier alpha value is -0.770. The highest BCUT2D eigenvalue weighted by molar-refractivity contribution is 9.10. The molecule has 60 valence electrons. The van der Waals surface area contributed by atoms with E-state index in [9.17, 15) is 0 Å². The van der Waals surface area contributed by atoms with E-state index < -0.39 is 0 Å². The van der Waals surface area contributed by atoms with Gasteiger partial charge in [-0.3, -0.25) is 0 Å². The maximum Gasteiger partial charge on any atom is 0.140 e. The Kier molecular flexibility index (Phi) is 2.34. The third-order valence-corrected chi connectivity index (χ3v) is 2.51. The molecule has 1 aromatic rings. The van der Waals surface area contributed by atoms with Crippen LogP contribution in [0.5, 0.6) is 0 Å². The molecule has 0 saturated carbocycles. The average Bonchev–Trinajstić information content (AvgIpc) is 2.01. The molecule has 0 radical (unpaired) electrons. The number of hydrogen-bond donors (Lipinski definition) is 2. The molecular formula is C7H10BrN3. The summed E-state index contributed by atoms with van der Waals surface area (Å²) < 4.78 is 0.931. The van der Waals surface area contributed by atoms with Crippen molar-refractivity contribution in [2.24, 2.45) is 0 Å². The van der Waals surface area contributed by atoms with Gasteiger partial charge in [-0.1, -0.05) is 0 Å². The minimum Gasteiger partial charge on any atom is -0.397 e. The molecule has 3 nitrogen and oxygen atoms in total. The van der Waals surface area contributed by atoms with E-state index in [1.807, 2.05) is 14.0 Å². The van der Waals surface area contributed by atoms with Crippen molar-refractivity contribution in [1.82, 2.24) is 4.98 Å². The van der Waals surface area contributed by atoms with Gasteiger partial charge >= 0.3 is 0 Å². The first-order valence-corrected chi connectivity index (χ1v) is 4.04. The number of rotatable bonds is 1. The van der Waals surface area contributed by atoms with Crippen molar-refractivity contribution >= 4 is 27.4 Å². The van der Waals surface area contributed by atoms with Gasteiger partial charge in [0.05, 0.1) is 16.4 Å². The number of nitrogen functional groups attached to an aromatic ring is 1. The fourth-order valence-corrected chi connectivity index (χ4v) is 1.30. The van der Waals surface area contributed by atoms with Gasteiger partial charge in [0.15, 0.2) is 0 Å². The quantitative estimate of drug-likeness (QED) is 0.752. The van der Waals surface area contributed by atoms with E-state index in [0.717, 1.165) is 15.9 Å². The van der Waals surface area contributed by atoms with Crippen LogP contribution in [0.3, 0.4) is 0 Å². The number of nitrogens with two attached hydrogens (primary N) is 1. The Balaban J connectivity index is 3.25. The smallest absolute Gasteiger partial charge is 0.140 e. The Morgan fingerprint density at radius 3 is 2.82 bits per heavy atom. The lowest BCUT2D eigenvalue weighted by Gasteiger charge is -2.06. The summed E-state index contributed by atoms with van der Waals surface area (Å²) in [6, 6.07) is 0. The summed E-state index contributed by atoms with van der Waals surface area (Å²) in [7, 11) is 1.82. The average molecular weight is 216 g/mol. The highest BCUT2D eigenvalue weighted by Crippen LogP contribution is 2.26. The Labute approximate surface area is 74.1 Å². The maximum atomic E-state index is 5.62. The Morgan fingerprint density at radius 1 is 1.64 bits per heavy atom. The number of hydrogen-bond acceptors (Lipinski definition) is 3. The highest BCUT2D eigenvalue weighted by atomic mass is 79.9. The molecule has 0 fully saturated rings. The molecule has 1 heterocycles.